The van der Waals surface area contributed by atoms with Gasteiger partial charge in [-0.25, -0.2) is 0 Å². The average molecular weight is 254 g/mol. The molecule has 0 radical (unpaired) electrons. The summed E-state index contributed by atoms with van der Waals surface area (Å²) in [6.07, 6.45) is 2.55. The van der Waals surface area contributed by atoms with Crippen molar-refractivity contribution in [2.45, 2.75) is 32.7 Å². The molecule has 0 atom stereocenters. The van der Waals surface area contributed by atoms with Crippen molar-refractivity contribution >= 4 is 28.3 Å². The largest absolute Gasteiger partial charge is 0.382 e. The molecular weight excluding hydrogens is 236 g/mol. The molecule has 5 nitrogen and oxygen atoms in total. The van der Waals surface area contributed by atoms with Crippen molar-refractivity contribution in [3.8, 4) is 0 Å². The van der Waals surface area contributed by atoms with E-state index in [0.29, 0.717) is 11.4 Å². The Hall–Kier alpha value is -1.30. The van der Waals surface area contributed by atoms with Crippen LogP contribution in [0.2, 0.25) is 0 Å². The highest BCUT2D eigenvalue weighted by Crippen LogP contribution is 2.32. The fourth-order valence-corrected chi connectivity index (χ4v) is 2.25. The normalized spacial score (nSPS) is 15.0. The molecular formula is C11H18N4OS. The second-order valence-electron chi connectivity index (χ2n) is 4.72. The standard InChI is InChI=1S/C11H18N4OS/c1-6(2)14-10(16)8-9(12)15-17-11(8)13-5-7-3-4-7/h6-7,13H,3-5H2,1-2H3,(H2,12,15)(H,14,16). The summed E-state index contributed by atoms with van der Waals surface area (Å²) in [6, 6.07) is 0.0954. The van der Waals surface area contributed by atoms with Crippen LogP contribution in [0.3, 0.4) is 0 Å². The smallest absolute Gasteiger partial charge is 0.258 e. The third-order valence-corrected chi connectivity index (χ3v) is 3.43. The first-order valence-corrected chi connectivity index (χ1v) is 6.65. The van der Waals surface area contributed by atoms with E-state index in [0.717, 1.165) is 17.5 Å². The molecule has 1 heterocycles. The molecule has 0 spiro atoms. The second-order valence-corrected chi connectivity index (χ2v) is 5.50. The lowest BCUT2D eigenvalue weighted by molar-refractivity contribution is 0.0945. The quantitative estimate of drug-likeness (QED) is 0.747. The van der Waals surface area contributed by atoms with Crippen LogP contribution in [0.5, 0.6) is 0 Å². The summed E-state index contributed by atoms with van der Waals surface area (Å²) in [5.41, 5.74) is 6.23. The molecule has 1 saturated carbocycles. The number of nitrogens with zero attached hydrogens (tertiary/aromatic N) is 1. The molecule has 1 fully saturated rings. The number of nitrogens with one attached hydrogen (secondary N) is 2. The zero-order chi connectivity index (χ0) is 12.4. The van der Waals surface area contributed by atoms with E-state index in [4.69, 9.17) is 5.73 Å². The van der Waals surface area contributed by atoms with Crippen LogP contribution in [0.25, 0.3) is 0 Å². The number of rotatable bonds is 5. The van der Waals surface area contributed by atoms with Crippen molar-refractivity contribution < 1.29 is 4.79 Å². The summed E-state index contributed by atoms with van der Waals surface area (Å²) in [7, 11) is 0. The van der Waals surface area contributed by atoms with Crippen LogP contribution in [0.1, 0.15) is 37.0 Å². The fourth-order valence-electron chi connectivity index (χ4n) is 1.54. The SMILES string of the molecule is CC(C)NC(=O)c1c(N)nsc1NCC1CC1. The van der Waals surface area contributed by atoms with Crippen molar-refractivity contribution in [3.05, 3.63) is 5.56 Å². The molecule has 94 valence electrons. The van der Waals surface area contributed by atoms with Gasteiger partial charge in [-0.2, -0.15) is 4.37 Å². The maximum atomic E-state index is 12.0. The van der Waals surface area contributed by atoms with Crippen LogP contribution in [0.15, 0.2) is 0 Å². The van der Waals surface area contributed by atoms with E-state index in [1.54, 1.807) is 0 Å². The molecule has 0 aromatic carbocycles. The molecule has 1 aliphatic carbocycles. The number of nitrogen functional groups attached to an aromatic ring is 1. The first kappa shape index (κ1) is 12.2. The number of nitrogens with two attached hydrogens (primary N) is 1. The molecule has 0 bridgehead atoms. The lowest BCUT2D eigenvalue weighted by Crippen LogP contribution is -2.31. The predicted molar refractivity (Wildman–Crippen MR) is 70.3 cm³/mol. The van der Waals surface area contributed by atoms with Gasteiger partial charge in [-0.15, -0.1) is 0 Å². The van der Waals surface area contributed by atoms with Crippen LogP contribution in [0.4, 0.5) is 10.8 Å². The van der Waals surface area contributed by atoms with Crippen LogP contribution in [-0.2, 0) is 0 Å². The Bertz CT molecular complexity index is 412. The summed E-state index contributed by atoms with van der Waals surface area (Å²) < 4.78 is 4.04. The third-order valence-electron chi connectivity index (χ3n) is 2.61. The van der Waals surface area contributed by atoms with Gasteiger partial charge in [-0.05, 0) is 44.1 Å². The van der Waals surface area contributed by atoms with Gasteiger partial charge in [0.25, 0.3) is 5.91 Å². The van der Waals surface area contributed by atoms with Crippen LogP contribution in [0, 0.1) is 5.92 Å². The van der Waals surface area contributed by atoms with Crippen molar-refractivity contribution in [1.29, 1.82) is 0 Å². The average Bonchev–Trinajstić information content (AvgIpc) is 2.98. The van der Waals surface area contributed by atoms with Crippen LogP contribution >= 0.6 is 11.5 Å². The van der Waals surface area contributed by atoms with E-state index in [1.807, 2.05) is 13.8 Å². The zero-order valence-electron chi connectivity index (χ0n) is 10.1. The van der Waals surface area contributed by atoms with Crippen molar-refractivity contribution in [2.75, 3.05) is 17.6 Å². The first-order chi connectivity index (χ1) is 8.08. The monoisotopic (exact) mass is 254 g/mol. The molecule has 4 N–H and O–H groups in total. The zero-order valence-corrected chi connectivity index (χ0v) is 10.9. The Morgan fingerprint density at radius 2 is 2.29 bits per heavy atom. The van der Waals surface area contributed by atoms with Gasteiger partial charge >= 0.3 is 0 Å². The highest BCUT2D eigenvalue weighted by molar-refractivity contribution is 7.11. The van der Waals surface area contributed by atoms with Crippen LogP contribution < -0.4 is 16.4 Å². The Morgan fingerprint density at radius 1 is 1.59 bits per heavy atom. The number of hydrogen-bond acceptors (Lipinski definition) is 5. The Labute approximate surface area is 105 Å². The summed E-state index contributed by atoms with van der Waals surface area (Å²) in [6.45, 7) is 4.75. The van der Waals surface area contributed by atoms with Crippen molar-refractivity contribution in [2.24, 2.45) is 5.92 Å². The number of aromatic nitrogens is 1. The minimum Gasteiger partial charge on any atom is -0.382 e. The van der Waals surface area contributed by atoms with Gasteiger partial charge in [-0.1, -0.05) is 0 Å². The Kier molecular flexibility index (Phi) is 3.51. The maximum absolute atomic E-state index is 12.0. The van der Waals surface area contributed by atoms with E-state index in [-0.39, 0.29) is 11.9 Å². The molecule has 17 heavy (non-hydrogen) atoms. The summed E-state index contributed by atoms with van der Waals surface area (Å²) in [5, 5.41) is 6.89. The predicted octanol–water partition coefficient (Wildman–Crippen LogP) is 1.69. The number of anilines is 2. The van der Waals surface area contributed by atoms with E-state index < -0.39 is 0 Å². The lowest BCUT2D eigenvalue weighted by Gasteiger charge is -2.09. The van der Waals surface area contributed by atoms with Gasteiger partial charge in [0.1, 0.15) is 10.6 Å². The number of carbonyl (C=O) groups excluding carboxylic acids is 1. The second kappa shape index (κ2) is 4.91. The third kappa shape index (κ3) is 3.09. The molecule has 1 aromatic heterocycles. The van der Waals surface area contributed by atoms with Gasteiger partial charge in [0.05, 0.1) is 0 Å². The van der Waals surface area contributed by atoms with Crippen LogP contribution in [-0.4, -0.2) is 22.9 Å². The van der Waals surface area contributed by atoms with Crippen molar-refractivity contribution in [3.63, 3.8) is 0 Å². The first-order valence-electron chi connectivity index (χ1n) is 5.87. The molecule has 1 amide bonds. The van der Waals surface area contributed by atoms with Gasteiger partial charge in [0.15, 0.2) is 5.82 Å². The summed E-state index contributed by atoms with van der Waals surface area (Å²) >= 11 is 1.25. The van der Waals surface area contributed by atoms with E-state index >= 15 is 0 Å². The highest BCUT2D eigenvalue weighted by atomic mass is 32.1. The lowest BCUT2D eigenvalue weighted by atomic mass is 10.2. The molecule has 1 aliphatic rings. The molecule has 2 rings (SSSR count). The molecule has 0 saturated heterocycles. The molecule has 6 heteroatoms. The fraction of sp³-hybridized carbons (Fsp3) is 0.636. The minimum atomic E-state index is -0.149. The summed E-state index contributed by atoms with van der Waals surface area (Å²) in [4.78, 5) is 12.0. The van der Waals surface area contributed by atoms with E-state index in [1.165, 1.54) is 24.4 Å². The topological polar surface area (TPSA) is 80.0 Å². The van der Waals surface area contributed by atoms with Gasteiger partial charge in [0, 0.05) is 12.6 Å². The van der Waals surface area contributed by atoms with E-state index in [2.05, 4.69) is 15.0 Å². The number of amides is 1. The van der Waals surface area contributed by atoms with E-state index in [9.17, 15) is 4.79 Å². The minimum absolute atomic E-state index is 0.0954. The van der Waals surface area contributed by atoms with Crippen molar-refractivity contribution in [1.82, 2.24) is 9.69 Å². The molecule has 1 aromatic rings. The van der Waals surface area contributed by atoms with Gasteiger partial charge < -0.3 is 16.4 Å². The Balaban J connectivity index is 2.07. The maximum Gasteiger partial charge on any atom is 0.258 e. The Morgan fingerprint density at radius 3 is 2.88 bits per heavy atom. The molecule has 0 aliphatic heterocycles. The number of hydrogen-bond donors (Lipinski definition) is 3. The van der Waals surface area contributed by atoms with Gasteiger partial charge in [0.2, 0.25) is 0 Å². The number of carbonyl (C=O) groups is 1. The van der Waals surface area contributed by atoms with Gasteiger partial charge in [-0.3, -0.25) is 4.79 Å². The summed E-state index contributed by atoms with van der Waals surface area (Å²) in [5.74, 6) is 0.912. The molecule has 0 unspecified atom stereocenters. The highest BCUT2D eigenvalue weighted by Gasteiger charge is 2.24.